The fourth-order valence-corrected chi connectivity index (χ4v) is 2.07. The van der Waals surface area contributed by atoms with E-state index < -0.39 is 17.6 Å². The first-order valence-corrected chi connectivity index (χ1v) is 6.38. The van der Waals surface area contributed by atoms with Crippen LogP contribution in [0.5, 0.6) is 0 Å². The smallest absolute Gasteiger partial charge is 0.275 e. The van der Waals surface area contributed by atoms with E-state index in [2.05, 4.69) is 10.3 Å². The van der Waals surface area contributed by atoms with Crippen LogP contribution >= 0.6 is 11.3 Å². The molecule has 0 radical (unpaired) electrons. The second kappa shape index (κ2) is 5.25. The van der Waals surface area contributed by atoms with Crippen molar-refractivity contribution < 1.29 is 14.0 Å². The lowest BCUT2D eigenvalue weighted by molar-refractivity contribution is 0.0995. The molecule has 0 spiro atoms. The third kappa shape index (κ3) is 2.75. The van der Waals surface area contributed by atoms with Crippen molar-refractivity contribution >= 4 is 34.0 Å². The van der Waals surface area contributed by atoms with E-state index >= 15 is 0 Å². The Bertz CT molecular complexity index is 699. The van der Waals surface area contributed by atoms with Crippen LogP contribution in [-0.4, -0.2) is 16.8 Å². The van der Waals surface area contributed by atoms with Gasteiger partial charge in [-0.3, -0.25) is 9.59 Å². The average Bonchev–Trinajstić information content (AvgIpc) is 2.81. The Kier molecular flexibility index (Phi) is 3.66. The second-order valence-electron chi connectivity index (χ2n) is 4.02. The minimum absolute atomic E-state index is 0.0267. The van der Waals surface area contributed by atoms with E-state index in [1.165, 1.54) is 18.4 Å². The van der Waals surface area contributed by atoms with Gasteiger partial charge in [-0.05, 0) is 19.1 Å². The van der Waals surface area contributed by atoms with Gasteiger partial charge < -0.3 is 16.8 Å². The van der Waals surface area contributed by atoms with Crippen LogP contribution in [0.4, 0.5) is 15.2 Å². The van der Waals surface area contributed by atoms with Crippen molar-refractivity contribution in [1.82, 2.24) is 4.98 Å². The van der Waals surface area contributed by atoms with Crippen molar-refractivity contribution in [2.45, 2.75) is 6.92 Å². The van der Waals surface area contributed by atoms with Crippen LogP contribution in [0.15, 0.2) is 17.5 Å². The molecule has 0 atom stereocenters. The lowest BCUT2D eigenvalue weighted by atomic mass is 10.1. The van der Waals surface area contributed by atoms with Crippen molar-refractivity contribution in [3.63, 3.8) is 0 Å². The van der Waals surface area contributed by atoms with E-state index in [-0.39, 0.29) is 27.6 Å². The fraction of sp³-hybridized carbons (Fsp3) is 0.0833. The number of hydrogen-bond acceptors (Lipinski definition) is 5. The zero-order chi connectivity index (χ0) is 14.9. The summed E-state index contributed by atoms with van der Waals surface area (Å²) in [6.45, 7) is 1.48. The molecule has 2 rings (SSSR count). The standard InChI is InChI=1S/C12H11FN4O2S/c1-5-7(13)2-6(10(14)18)3-8(5)16-11(19)9-4-20-12(15)17-9/h2-4H,1H3,(H2,14,18)(H2,15,17)(H,16,19). The summed E-state index contributed by atoms with van der Waals surface area (Å²) in [6, 6.07) is 2.34. The highest BCUT2D eigenvalue weighted by atomic mass is 32.1. The molecule has 0 fully saturated rings. The number of thiazole rings is 1. The van der Waals surface area contributed by atoms with Crippen LogP contribution in [0.1, 0.15) is 26.4 Å². The molecule has 0 saturated heterocycles. The predicted molar refractivity (Wildman–Crippen MR) is 74.1 cm³/mol. The van der Waals surface area contributed by atoms with Crippen LogP contribution in [0, 0.1) is 12.7 Å². The summed E-state index contributed by atoms with van der Waals surface area (Å²) in [5.74, 6) is -1.95. The van der Waals surface area contributed by atoms with Gasteiger partial charge in [0.1, 0.15) is 11.5 Å². The highest BCUT2D eigenvalue weighted by molar-refractivity contribution is 7.13. The summed E-state index contributed by atoms with van der Waals surface area (Å²) in [4.78, 5) is 26.8. The van der Waals surface area contributed by atoms with Gasteiger partial charge in [-0.1, -0.05) is 0 Å². The molecule has 1 aromatic heterocycles. The van der Waals surface area contributed by atoms with Gasteiger partial charge in [0.15, 0.2) is 5.13 Å². The molecule has 20 heavy (non-hydrogen) atoms. The lowest BCUT2D eigenvalue weighted by Gasteiger charge is -2.09. The third-order valence-corrected chi connectivity index (χ3v) is 3.31. The zero-order valence-corrected chi connectivity index (χ0v) is 11.3. The number of halogens is 1. The Hall–Kier alpha value is -2.48. The maximum Gasteiger partial charge on any atom is 0.275 e. The number of rotatable bonds is 3. The molecule has 0 bridgehead atoms. The molecule has 0 aliphatic heterocycles. The topological polar surface area (TPSA) is 111 Å². The van der Waals surface area contributed by atoms with Gasteiger partial charge in [0.25, 0.3) is 5.91 Å². The molecule has 1 heterocycles. The van der Waals surface area contributed by atoms with E-state index in [9.17, 15) is 14.0 Å². The van der Waals surface area contributed by atoms with Gasteiger partial charge in [-0.15, -0.1) is 11.3 Å². The minimum atomic E-state index is -0.780. The van der Waals surface area contributed by atoms with Gasteiger partial charge >= 0.3 is 0 Å². The predicted octanol–water partition coefficient (Wildman–Crippen LogP) is 1.52. The molecule has 2 amide bonds. The molecule has 6 nitrogen and oxygen atoms in total. The van der Waals surface area contributed by atoms with Crippen molar-refractivity contribution in [1.29, 1.82) is 0 Å². The molecule has 104 valence electrons. The van der Waals surface area contributed by atoms with E-state index in [4.69, 9.17) is 11.5 Å². The molecule has 8 heteroatoms. The number of carbonyl (C=O) groups is 2. The molecule has 0 saturated carbocycles. The number of nitrogens with one attached hydrogen (secondary N) is 1. The molecule has 0 aliphatic carbocycles. The first kappa shape index (κ1) is 13.9. The summed E-state index contributed by atoms with van der Waals surface area (Å²) >= 11 is 1.12. The number of hydrogen-bond donors (Lipinski definition) is 3. The Morgan fingerprint density at radius 1 is 1.40 bits per heavy atom. The quantitative estimate of drug-likeness (QED) is 0.796. The Morgan fingerprint density at radius 2 is 2.10 bits per heavy atom. The summed E-state index contributed by atoms with van der Waals surface area (Å²) in [6.07, 6.45) is 0. The Balaban J connectivity index is 2.33. The number of aromatic nitrogens is 1. The second-order valence-corrected chi connectivity index (χ2v) is 4.91. The number of primary amides is 1. The van der Waals surface area contributed by atoms with Crippen molar-refractivity contribution in [2.75, 3.05) is 11.1 Å². The normalized spacial score (nSPS) is 10.3. The first-order valence-electron chi connectivity index (χ1n) is 5.50. The van der Waals surface area contributed by atoms with Crippen LogP contribution in [0.2, 0.25) is 0 Å². The van der Waals surface area contributed by atoms with E-state index in [0.717, 1.165) is 17.4 Å². The lowest BCUT2D eigenvalue weighted by Crippen LogP contribution is -2.16. The number of nitrogens with two attached hydrogens (primary N) is 2. The molecule has 0 unspecified atom stereocenters. The van der Waals surface area contributed by atoms with Crippen LogP contribution < -0.4 is 16.8 Å². The number of nitrogens with zero attached hydrogens (tertiary/aromatic N) is 1. The van der Waals surface area contributed by atoms with Crippen molar-refractivity contribution in [3.05, 3.63) is 40.2 Å². The highest BCUT2D eigenvalue weighted by Gasteiger charge is 2.15. The molecule has 5 N–H and O–H groups in total. The third-order valence-electron chi connectivity index (χ3n) is 2.63. The molecular formula is C12H11FN4O2S. The summed E-state index contributed by atoms with van der Waals surface area (Å²) in [7, 11) is 0. The van der Waals surface area contributed by atoms with E-state index in [1.54, 1.807) is 0 Å². The monoisotopic (exact) mass is 294 g/mol. The Labute approximate surface area is 117 Å². The Morgan fingerprint density at radius 3 is 2.65 bits per heavy atom. The summed E-state index contributed by atoms with van der Waals surface area (Å²) < 4.78 is 13.7. The maximum atomic E-state index is 13.7. The van der Waals surface area contributed by atoms with Gasteiger partial charge in [0.2, 0.25) is 5.91 Å². The number of benzene rings is 1. The number of amides is 2. The SMILES string of the molecule is Cc1c(F)cc(C(N)=O)cc1NC(=O)c1csc(N)n1. The number of anilines is 2. The van der Waals surface area contributed by atoms with E-state index in [0.29, 0.717) is 0 Å². The van der Waals surface area contributed by atoms with Crippen molar-refractivity contribution in [3.8, 4) is 0 Å². The largest absolute Gasteiger partial charge is 0.375 e. The van der Waals surface area contributed by atoms with Gasteiger partial charge in [0.05, 0.1) is 0 Å². The first-order chi connectivity index (χ1) is 9.38. The van der Waals surface area contributed by atoms with Crippen LogP contribution in [0.3, 0.4) is 0 Å². The molecule has 0 aliphatic rings. The molecule has 1 aromatic carbocycles. The number of carbonyl (C=O) groups excluding carboxylic acids is 2. The van der Waals surface area contributed by atoms with Gasteiger partial charge in [-0.2, -0.15) is 0 Å². The minimum Gasteiger partial charge on any atom is -0.375 e. The number of nitrogen functional groups attached to an aromatic ring is 1. The van der Waals surface area contributed by atoms with Crippen LogP contribution in [0.25, 0.3) is 0 Å². The highest BCUT2D eigenvalue weighted by Crippen LogP contribution is 2.22. The average molecular weight is 294 g/mol. The zero-order valence-electron chi connectivity index (χ0n) is 10.4. The maximum absolute atomic E-state index is 13.7. The summed E-state index contributed by atoms with van der Waals surface area (Å²) in [5, 5.41) is 4.21. The van der Waals surface area contributed by atoms with Crippen molar-refractivity contribution in [2.24, 2.45) is 5.73 Å². The van der Waals surface area contributed by atoms with Gasteiger partial charge in [0, 0.05) is 22.2 Å². The summed E-state index contributed by atoms with van der Waals surface area (Å²) in [5.41, 5.74) is 11.0. The fourth-order valence-electron chi connectivity index (χ4n) is 1.53. The molecular weight excluding hydrogens is 283 g/mol. The van der Waals surface area contributed by atoms with Gasteiger partial charge in [-0.25, -0.2) is 9.37 Å². The van der Waals surface area contributed by atoms with Crippen LogP contribution in [-0.2, 0) is 0 Å². The molecule has 2 aromatic rings. The van der Waals surface area contributed by atoms with E-state index in [1.807, 2.05) is 0 Å².